The molecule has 0 bridgehead atoms. The zero-order valence-electron chi connectivity index (χ0n) is 13.4. The fourth-order valence-electron chi connectivity index (χ4n) is 3.64. The Morgan fingerprint density at radius 1 is 1.33 bits per heavy atom. The number of para-hydroxylation sites is 1. The Kier molecular flexibility index (Phi) is 4.30. The van der Waals surface area contributed by atoms with Crippen LogP contribution in [-0.2, 0) is 0 Å². The lowest BCUT2D eigenvalue weighted by atomic mass is 9.78. The maximum atomic E-state index is 5.09. The van der Waals surface area contributed by atoms with Crippen molar-refractivity contribution in [2.45, 2.75) is 57.9 Å². The van der Waals surface area contributed by atoms with Gasteiger partial charge in [-0.3, -0.25) is 4.99 Å². The van der Waals surface area contributed by atoms with Gasteiger partial charge in [0.25, 0.3) is 0 Å². The van der Waals surface area contributed by atoms with E-state index in [1.165, 1.54) is 36.9 Å². The number of thioether (sulfide) groups is 1. The Bertz CT molecular complexity index is 538. The Morgan fingerprint density at radius 2 is 2.14 bits per heavy atom. The van der Waals surface area contributed by atoms with Gasteiger partial charge in [-0.1, -0.05) is 63.6 Å². The number of hydrogen-bond acceptors (Lipinski definition) is 3. The third-order valence-corrected chi connectivity index (χ3v) is 5.86. The SMILES string of the molecule is CC1CCCC2(CSC(Nc3ccccc3C(C)C)=N2)C1. The van der Waals surface area contributed by atoms with Gasteiger partial charge in [0.2, 0.25) is 0 Å². The molecule has 1 aromatic rings. The average molecular weight is 302 g/mol. The van der Waals surface area contributed by atoms with Crippen LogP contribution in [0.5, 0.6) is 0 Å². The van der Waals surface area contributed by atoms with Crippen LogP contribution in [-0.4, -0.2) is 16.5 Å². The highest BCUT2D eigenvalue weighted by Gasteiger charge is 2.39. The van der Waals surface area contributed by atoms with E-state index in [9.17, 15) is 0 Å². The van der Waals surface area contributed by atoms with Crippen molar-refractivity contribution < 1.29 is 0 Å². The number of amidine groups is 1. The molecule has 1 aliphatic heterocycles. The number of anilines is 1. The summed E-state index contributed by atoms with van der Waals surface area (Å²) in [6, 6.07) is 8.61. The quantitative estimate of drug-likeness (QED) is 0.804. The Morgan fingerprint density at radius 3 is 2.90 bits per heavy atom. The highest BCUT2D eigenvalue weighted by Crippen LogP contribution is 2.42. The molecule has 1 spiro atoms. The monoisotopic (exact) mass is 302 g/mol. The minimum Gasteiger partial charge on any atom is -0.335 e. The lowest BCUT2D eigenvalue weighted by molar-refractivity contribution is 0.266. The van der Waals surface area contributed by atoms with Gasteiger partial charge in [0.05, 0.1) is 5.54 Å². The molecule has 3 heteroatoms. The maximum absolute atomic E-state index is 5.09. The van der Waals surface area contributed by atoms with E-state index in [4.69, 9.17) is 4.99 Å². The van der Waals surface area contributed by atoms with E-state index in [-0.39, 0.29) is 5.54 Å². The normalized spacial score (nSPS) is 29.0. The number of nitrogens with zero attached hydrogens (tertiary/aromatic N) is 1. The standard InChI is InChI=1S/C18H26N2S/c1-13(2)15-8-4-5-9-16(15)19-17-20-18(12-21-17)10-6-7-14(3)11-18/h4-5,8-9,13-14H,6-7,10-12H2,1-3H3,(H,19,20). The van der Waals surface area contributed by atoms with Crippen LogP contribution in [0.4, 0.5) is 5.69 Å². The molecule has 0 saturated heterocycles. The molecule has 1 fully saturated rings. The summed E-state index contributed by atoms with van der Waals surface area (Å²) in [7, 11) is 0. The molecule has 21 heavy (non-hydrogen) atoms. The highest BCUT2D eigenvalue weighted by molar-refractivity contribution is 8.14. The minimum absolute atomic E-state index is 0.220. The van der Waals surface area contributed by atoms with Gasteiger partial charge in [0.15, 0.2) is 5.17 Å². The van der Waals surface area contributed by atoms with Crippen LogP contribution in [0.25, 0.3) is 0 Å². The van der Waals surface area contributed by atoms with Crippen molar-refractivity contribution in [1.82, 2.24) is 0 Å². The summed E-state index contributed by atoms with van der Waals surface area (Å²) >= 11 is 1.90. The van der Waals surface area contributed by atoms with Gasteiger partial charge in [0.1, 0.15) is 0 Å². The van der Waals surface area contributed by atoms with Crippen molar-refractivity contribution >= 4 is 22.6 Å². The van der Waals surface area contributed by atoms with Crippen LogP contribution in [0.15, 0.2) is 29.3 Å². The molecule has 2 atom stereocenters. The van der Waals surface area contributed by atoms with Crippen molar-refractivity contribution in [2.24, 2.45) is 10.9 Å². The second-order valence-electron chi connectivity index (χ2n) is 7.00. The maximum Gasteiger partial charge on any atom is 0.161 e. The van der Waals surface area contributed by atoms with Crippen LogP contribution in [0.2, 0.25) is 0 Å². The van der Waals surface area contributed by atoms with Crippen LogP contribution < -0.4 is 5.32 Å². The molecule has 2 aliphatic rings. The summed E-state index contributed by atoms with van der Waals surface area (Å²) < 4.78 is 0. The first-order valence-corrected chi connectivity index (χ1v) is 9.15. The number of aliphatic imine (C=N–C) groups is 1. The summed E-state index contributed by atoms with van der Waals surface area (Å²) in [5.74, 6) is 2.51. The third kappa shape index (κ3) is 3.28. The Balaban J connectivity index is 1.77. The van der Waals surface area contributed by atoms with E-state index in [1.54, 1.807) is 0 Å². The molecule has 2 unspecified atom stereocenters. The lowest BCUT2D eigenvalue weighted by Crippen LogP contribution is -2.33. The zero-order chi connectivity index (χ0) is 14.9. The molecule has 1 saturated carbocycles. The molecule has 0 amide bonds. The van der Waals surface area contributed by atoms with E-state index < -0.39 is 0 Å². The van der Waals surface area contributed by atoms with E-state index in [2.05, 4.69) is 50.4 Å². The Hall–Kier alpha value is -0.960. The zero-order valence-corrected chi connectivity index (χ0v) is 14.2. The lowest BCUT2D eigenvalue weighted by Gasteiger charge is -2.33. The van der Waals surface area contributed by atoms with E-state index in [0.717, 1.165) is 16.8 Å². The van der Waals surface area contributed by atoms with E-state index in [0.29, 0.717) is 5.92 Å². The largest absolute Gasteiger partial charge is 0.335 e. The first-order chi connectivity index (χ1) is 10.1. The highest BCUT2D eigenvalue weighted by atomic mass is 32.2. The summed E-state index contributed by atoms with van der Waals surface area (Å²) in [5, 5.41) is 4.71. The first kappa shape index (κ1) is 15.0. The van der Waals surface area contributed by atoms with Crippen LogP contribution in [0.1, 0.15) is 57.9 Å². The molecule has 2 nitrogen and oxygen atoms in total. The van der Waals surface area contributed by atoms with Crippen molar-refractivity contribution in [2.75, 3.05) is 11.1 Å². The van der Waals surface area contributed by atoms with Crippen LogP contribution in [0.3, 0.4) is 0 Å². The van der Waals surface area contributed by atoms with Crippen molar-refractivity contribution in [3.05, 3.63) is 29.8 Å². The molecule has 1 N–H and O–H groups in total. The van der Waals surface area contributed by atoms with Gasteiger partial charge in [-0.25, -0.2) is 0 Å². The van der Waals surface area contributed by atoms with E-state index >= 15 is 0 Å². The molecule has 0 radical (unpaired) electrons. The number of rotatable bonds is 2. The molecule has 1 aromatic carbocycles. The van der Waals surface area contributed by atoms with Crippen molar-refractivity contribution in [3.63, 3.8) is 0 Å². The summed E-state index contributed by atoms with van der Waals surface area (Å²) in [5.41, 5.74) is 2.82. The molecule has 1 aliphatic carbocycles. The van der Waals surface area contributed by atoms with Crippen molar-refractivity contribution in [1.29, 1.82) is 0 Å². The van der Waals surface area contributed by atoms with Gasteiger partial charge >= 0.3 is 0 Å². The molecule has 114 valence electrons. The van der Waals surface area contributed by atoms with Crippen LogP contribution >= 0.6 is 11.8 Å². The van der Waals surface area contributed by atoms with Gasteiger partial charge in [-0.15, -0.1) is 0 Å². The third-order valence-electron chi connectivity index (χ3n) is 4.71. The van der Waals surface area contributed by atoms with Gasteiger partial charge in [0, 0.05) is 11.4 Å². The molecular weight excluding hydrogens is 276 g/mol. The summed E-state index contributed by atoms with van der Waals surface area (Å²) in [4.78, 5) is 5.09. The molecular formula is C18H26N2S. The van der Waals surface area contributed by atoms with E-state index in [1.807, 2.05) is 11.8 Å². The van der Waals surface area contributed by atoms with Gasteiger partial charge < -0.3 is 5.32 Å². The number of hydrogen-bond donors (Lipinski definition) is 1. The minimum atomic E-state index is 0.220. The molecule has 3 rings (SSSR count). The topological polar surface area (TPSA) is 24.4 Å². The number of nitrogens with one attached hydrogen (secondary N) is 1. The smallest absolute Gasteiger partial charge is 0.161 e. The van der Waals surface area contributed by atoms with Crippen molar-refractivity contribution in [3.8, 4) is 0 Å². The summed E-state index contributed by atoms with van der Waals surface area (Å²) in [6.45, 7) is 6.86. The second kappa shape index (κ2) is 6.04. The average Bonchev–Trinajstić information content (AvgIpc) is 2.81. The predicted molar refractivity (Wildman–Crippen MR) is 94.4 cm³/mol. The fourth-order valence-corrected chi connectivity index (χ4v) is 4.81. The van der Waals surface area contributed by atoms with Gasteiger partial charge in [-0.2, -0.15) is 0 Å². The predicted octanol–water partition coefficient (Wildman–Crippen LogP) is 5.27. The second-order valence-corrected chi connectivity index (χ2v) is 7.96. The molecule has 1 heterocycles. The number of benzene rings is 1. The van der Waals surface area contributed by atoms with Gasteiger partial charge in [-0.05, 0) is 36.3 Å². The molecule has 0 aromatic heterocycles. The first-order valence-electron chi connectivity index (χ1n) is 8.17. The Labute approximate surface area is 132 Å². The van der Waals surface area contributed by atoms with Crippen LogP contribution in [0, 0.1) is 5.92 Å². The summed E-state index contributed by atoms with van der Waals surface area (Å²) in [6.07, 6.45) is 5.24. The fraction of sp³-hybridized carbons (Fsp3) is 0.611.